The maximum atomic E-state index is 14.1. The van der Waals surface area contributed by atoms with Gasteiger partial charge in [0.05, 0.1) is 22.6 Å². The van der Waals surface area contributed by atoms with Gasteiger partial charge in [-0.2, -0.15) is 5.10 Å². The second kappa shape index (κ2) is 10.8. The molecule has 1 atom stereocenters. The lowest BCUT2D eigenvalue weighted by molar-refractivity contribution is 0.0939. The number of benzene rings is 2. The van der Waals surface area contributed by atoms with Gasteiger partial charge in [-0.1, -0.05) is 48.8 Å². The molecule has 1 fully saturated rings. The van der Waals surface area contributed by atoms with Crippen molar-refractivity contribution >= 4 is 34.7 Å². The highest BCUT2D eigenvalue weighted by atomic mass is 16.2. The molecule has 1 saturated heterocycles. The minimum atomic E-state index is -0.679. The fourth-order valence-electron chi connectivity index (χ4n) is 4.40. The number of para-hydroxylation sites is 1. The van der Waals surface area contributed by atoms with Crippen LogP contribution in [0.3, 0.4) is 0 Å². The Morgan fingerprint density at radius 2 is 2.03 bits per heavy atom. The molecule has 1 unspecified atom stereocenters. The molecule has 39 heavy (non-hydrogen) atoms. The fourth-order valence-corrected chi connectivity index (χ4v) is 4.40. The van der Waals surface area contributed by atoms with Crippen molar-refractivity contribution in [3.63, 3.8) is 0 Å². The first kappa shape index (κ1) is 25.6. The van der Waals surface area contributed by atoms with Gasteiger partial charge in [-0.05, 0) is 31.2 Å². The van der Waals surface area contributed by atoms with E-state index >= 15 is 0 Å². The van der Waals surface area contributed by atoms with Crippen LogP contribution in [0.25, 0.3) is 16.6 Å². The second-order valence-corrected chi connectivity index (χ2v) is 9.19. The molecule has 10 nitrogen and oxygen atoms in total. The molecular formula is C29H28N8O2. The van der Waals surface area contributed by atoms with Crippen LogP contribution in [0, 0.1) is 17.8 Å². The lowest BCUT2D eigenvalue weighted by Gasteiger charge is -2.21. The van der Waals surface area contributed by atoms with Crippen molar-refractivity contribution in [3.05, 3.63) is 88.5 Å². The van der Waals surface area contributed by atoms with Crippen LogP contribution in [0.4, 0.5) is 11.6 Å². The minimum absolute atomic E-state index is 0.0372. The summed E-state index contributed by atoms with van der Waals surface area (Å²) in [4.78, 5) is 36.6. The Hall–Kier alpha value is -5.01. The molecule has 2 aromatic heterocycles. The largest absolute Gasteiger partial charge is 0.381 e. The van der Waals surface area contributed by atoms with Gasteiger partial charge in [-0.25, -0.2) is 14.7 Å². The molecule has 4 aromatic rings. The molecule has 0 saturated carbocycles. The molecule has 1 aliphatic heterocycles. The quantitative estimate of drug-likeness (QED) is 0.265. The van der Waals surface area contributed by atoms with Crippen LogP contribution in [-0.4, -0.2) is 44.5 Å². The number of anilines is 1. The van der Waals surface area contributed by atoms with Gasteiger partial charge in [0.25, 0.3) is 11.5 Å². The van der Waals surface area contributed by atoms with Crippen molar-refractivity contribution in [2.75, 3.05) is 18.8 Å². The van der Waals surface area contributed by atoms with Gasteiger partial charge in [-0.15, -0.1) is 0 Å². The number of amides is 1. The third-order valence-corrected chi connectivity index (χ3v) is 6.44. The summed E-state index contributed by atoms with van der Waals surface area (Å²) in [5.74, 6) is 6.88. The van der Waals surface area contributed by atoms with Gasteiger partial charge in [0, 0.05) is 37.8 Å². The number of rotatable bonds is 6. The van der Waals surface area contributed by atoms with Crippen molar-refractivity contribution in [2.24, 2.45) is 18.0 Å². The topological polar surface area (TPSA) is 132 Å². The maximum absolute atomic E-state index is 14.1. The number of nitrogens with two attached hydrogens (primary N) is 1. The van der Waals surface area contributed by atoms with Gasteiger partial charge in [0.2, 0.25) is 0 Å². The van der Waals surface area contributed by atoms with Crippen LogP contribution in [0.2, 0.25) is 0 Å². The summed E-state index contributed by atoms with van der Waals surface area (Å²) in [5.41, 5.74) is 7.65. The predicted octanol–water partition coefficient (Wildman–Crippen LogP) is 2.65. The van der Waals surface area contributed by atoms with E-state index < -0.39 is 11.9 Å². The van der Waals surface area contributed by atoms with Gasteiger partial charge in [0.1, 0.15) is 11.4 Å². The van der Waals surface area contributed by atoms with Crippen molar-refractivity contribution in [1.82, 2.24) is 30.0 Å². The Kier molecular flexibility index (Phi) is 7.08. The molecular weight excluding hydrogens is 492 g/mol. The molecule has 0 aliphatic carbocycles. The van der Waals surface area contributed by atoms with Crippen molar-refractivity contribution in [3.8, 4) is 17.5 Å². The highest BCUT2D eigenvalue weighted by molar-refractivity contribution is 6.03. The molecule has 5 rings (SSSR count). The summed E-state index contributed by atoms with van der Waals surface area (Å²) < 4.78 is 2.94. The Labute approximate surface area is 225 Å². The summed E-state index contributed by atoms with van der Waals surface area (Å²) in [7, 11) is 1.65. The summed E-state index contributed by atoms with van der Waals surface area (Å²) >= 11 is 0. The number of nitrogens with zero attached hydrogens (tertiary/aromatic N) is 5. The number of carbonyl (C=O) groups excluding carboxylic acids is 1. The van der Waals surface area contributed by atoms with Crippen LogP contribution in [0.1, 0.15) is 34.7 Å². The number of hydrogen-bond donors (Lipinski definition) is 3. The number of fused-ring (bicyclic) bond motifs is 1. The Bertz CT molecular complexity index is 1720. The normalized spacial score (nSPS) is 14.0. The summed E-state index contributed by atoms with van der Waals surface area (Å²) in [6, 6.07) is 14.0. The summed E-state index contributed by atoms with van der Waals surface area (Å²) in [6.07, 6.45) is 2.95. The Morgan fingerprint density at radius 3 is 2.72 bits per heavy atom. The molecule has 3 heterocycles. The molecule has 196 valence electrons. The zero-order valence-corrected chi connectivity index (χ0v) is 21.7. The second-order valence-electron chi connectivity index (χ2n) is 9.19. The van der Waals surface area contributed by atoms with E-state index in [0.29, 0.717) is 28.0 Å². The molecule has 1 amide bonds. The van der Waals surface area contributed by atoms with Crippen LogP contribution in [0.5, 0.6) is 0 Å². The van der Waals surface area contributed by atoms with E-state index in [4.69, 9.17) is 10.7 Å². The smallest absolute Gasteiger partial charge is 0.267 e. The third kappa shape index (κ3) is 4.95. The third-order valence-electron chi connectivity index (χ3n) is 6.44. The number of allylic oxidation sites excluding steroid dienone is 1. The molecule has 2 aromatic carbocycles. The molecule has 0 spiro atoms. The van der Waals surface area contributed by atoms with Crippen molar-refractivity contribution in [2.45, 2.75) is 13.0 Å². The first-order valence-electron chi connectivity index (χ1n) is 12.5. The molecule has 4 N–H and O–H groups in total. The summed E-state index contributed by atoms with van der Waals surface area (Å²) in [6.45, 7) is 7.06. The number of aliphatic imine (C=N–C) groups is 1. The number of aromatic nitrogens is 4. The number of nitrogen functional groups attached to an aromatic ring is 1. The lowest BCUT2D eigenvalue weighted by atomic mass is 10.0. The molecule has 1 aliphatic rings. The minimum Gasteiger partial charge on any atom is -0.381 e. The van der Waals surface area contributed by atoms with Crippen molar-refractivity contribution < 1.29 is 4.79 Å². The van der Waals surface area contributed by atoms with E-state index in [0.717, 1.165) is 13.1 Å². The van der Waals surface area contributed by atoms with Gasteiger partial charge < -0.3 is 16.4 Å². The number of carbonyl (C=O) groups is 1. The van der Waals surface area contributed by atoms with Gasteiger partial charge >= 0.3 is 0 Å². The maximum Gasteiger partial charge on any atom is 0.267 e. The van der Waals surface area contributed by atoms with E-state index in [-0.39, 0.29) is 28.7 Å². The zero-order chi connectivity index (χ0) is 27.5. The first-order chi connectivity index (χ1) is 18.9. The van der Waals surface area contributed by atoms with Crippen LogP contribution in [-0.2, 0) is 7.05 Å². The number of aryl methyl sites for hydroxylation is 1. The highest BCUT2D eigenvalue weighted by Crippen LogP contribution is 2.26. The molecule has 0 radical (unpaired) electrons. The Morgan fingerprint density at radius 1 is 1.26 bits per heavy atom. The fraction of sp³-hybridized carbons (Fsp3) is 0.207. The van der Waals surface area contributed by atoms with Gasteiger partial charge in [-0.3, -0.25) is 14.2 Å². The number of hydrogen-bond acceptors (Lipinski definition) is 7. The molecule has 0 bridgehead atoms. The van der Waals surface area contributed by atoms with E-state index in [9.17, 15) is 9.59 Å². The van der Waals surface area contributed by atoms with E-state index in [1.165, 1.54) is 21.5 Å². The SMILES string of the molecule is C=C/C=N\c1c(C(=O)NC(C)c2nc3cccc(C#CC4CNC4)c3c(=O)n2-c2ccccc2)c(N)nn1C. The average Bonchev–Trinajstić information content (AvgIpc) is 3.19. The lowest BCUT2D eigenvalue weighted by Crippen LogP contribution is -2.40. The standard InChI is InChI=1S/C29H28N8O2/c1-4-15-32-27-24(25(30)35-36(27)3)28(38)33-18(2)26-34-22-12-8-9-20(14-13-19-16-31-17-19)23(22)29(39)37(26)21-10-6-5-7-11-21/h4-12,15,18-19,31H,1,16-17H2,2-3H3,(H2,30,35)(H,33,38)/b32-15-. The Balaban J connectivity index is 1.61. The average molecular weight is 521 g/mol. The predicted molar refractivity (Wildman–Crippen MR) is 152 cm³/mol. The van der Waals surface area contributed by atoms with E-state index in [2.05, 4.69) is 39.1 Å². The monoisotopic (exact) mass is 520 g/mol. The van der Waals surface area contributed by atoms with E-state index in [1.807, 2.05) is 42.5 Å². The first-order valence-corrected chi connectivity index (χ1v) is 12.5. The number of nitrogens with one attached hydrogen (secondary N) is 2. The zero-order valence-electron chi connectivity index (χ0n) is 21.7. The van der Waals surface area contributed by atoms with Crippen molar-refractivity contribution in [1.29, 1.82) is 0 Å². The molecule has 10 heteroatoms. The van der Waals surface area contributed by atoms with Crippen LogP contribution >= 0.6 is 0 Å². The summed E-state index contributed by atoms with van der Waals surface area (Å²) in [5, 5.41) is 10.7. The van der Waals surface area contributed by atoms with Crippen LogP contribution in [0.15, 0.2) is 71.0 Å². The highest BCUT2D eigenvalue weighted by Gasteiger charge is 2.25. The van der Waals surface area contributed by atoms with Gasteiger partial charge in [0.15, 0.2) is 11.6 Å². The van der Waals surface area contributed by atoms with E-state index in [1.54, 1.807) is 20.0 Å². The van der Waals surface area contributed by atoms with Crippen LogP contribution < -0.4 is 21.9 Å².